The lowest BCUT2D eigenvalue weighted by molar-refractivity contribution is -0.121. The molecule has 0 aliphatic carbocycles. The monoisotopic (exact) mass is 487 g/mol. The molecule has 1 aromatic carbocycles. The third-order valence-electron chi connectivity index (χ3n) is 6.70. The number of hydrogen-bond acceptors (Lipinski definition) is 8. The summed E-state index contributed by atoms with van der Waals surface area (Å²) in [4.78, 5) is 36.5. The second-order valence-electron chi connectivity index (χ2n) is 8.97. The van der Waals surface area contributed by atoms with Gasteiger partial charge in [-0.1, -0.05) is 0 Å². The Balaban J connectivity index is 1.28. The molecule has 2 aromatic heterocycles. The fraction of sp³-hybridized carbons (Fsp3) is 0.308. The molecule has 1 atom stereocenters. The lowest BCUT2D eigenvalue weighted by Crippen LogP contribution is -2.39. The summed E-state index contributed by atoms with van der Waals surface area (Å²) in [7, 11) is 0. The maximum absolute atomic E-state index is 12.2. The van der Waals surface area contributed by atoms with E-state index in [2.05, 4.69) is 15.3 Å². The molecule has 3 aliphatic heterocycles. The summed E-state index contributed by atoms with van der Waals surface area (Å²) >= 11 is 0. The number of pyridine rings is 2. The molecule has 2 amide bonds. The van der Waals surface area contributed by atoms with E-state index in [-0.39, 0.29) is 12.0 Å². The third-order valence-corrected chi connectivity index (χ3v) is 6.70. The molecule has 1 saturated heterocycles. The highest BCUT2D eigenvalue weighted by molar-refractivity contribution is 5.97. The van der Waals surface area contributed by atoms with Crippen molar-refractivity contribution in [3.05, 3.63) is 48.3 Å². The number of benzene rings is 1. The molecule has 0 spiro atoms. The van der Waals surface area contributed by atoms with Crippen molar-refractivity contribution in [1.29, 1.82) is 0 Å². The number of nitrogens with one attached hydrogen (secondary N) is 1. The van der Waals surface area contributed by atoms with Crippen LogP contribution in [-0.2, 0) is 9.59 Å². The summed E-state index contributed by atoms with van der Waals surface area (Å²) in [5.74, 6) is 1.42. The number of hydrogen-bond donors (Lipinski definition) is 2. The molecule has 3 aromatic rings. The summed E-state index contributed by atoms with van der Waals surface area (Å²) in [6, 6.07) is 9.57. The van der Waals surface area contributed by atoms with Crippen LogP contribution in [0.1, 0.15) is 31.4 Å². The van der Waals surface area contributed by atoms with Crippen molar-refractivity contribution < 1.29 is 24.2 Å². The van der Waals surface area contributed by atoms with Gasteiger partial charge in [-0.2, -0.15) is 0 Å². The molecule has 2 N–H and O–H groups in total. The molecular formula is C26H25N5O5. The molecule has 10 heteroatoms. The van der Waals surface area contributed by atoms with Gasteiger partial charge < -0.3 is 29.7 Å². The Kier molecular flexibility index (Phi) is 5.45. The molecule has 6 rings (SSSR count). The fourth-order valence-corrected chi connectivity index (χ4v) is 4.93. The van der Waals surface area contributed by atoms with Gasteiger partial charge in [0.05, 0.1) is 18.4 Å². The SMILES string of the molecule is CC1Oc2cc(N3CCCC3=O)ccc2-c2cnc(Nc3cnc4c(c3)N(C(=O)CO)CCO4)cc21. The Morgan fingerprint density at radius 2 is 2.06 bits per heavy atom. The number of aliphatic hydroxyl groups excluding tert-OH is 1. The van der Waals surface area contributed by atoms with E-state index in [1.165, 1.54) is 4.90 Å². The predicted octanol–water partition coefficient (Wildman–Crippen LogP) is 3.19. The van der Waals surface area contributed by atoms with Crippen LogP contribution in [0.5, 0.6) is 11.6 Å². The van der Waals surface area contributed by atoms with Crippen molar-refractivity contribution in [3.8, 4) is 22.8 Å². The molecule has 1 unspecified atom stereocenters. The number of aliphatic hydroxyl groups is 1. The van der Waals surface area contributed by atoms with Crippen LogP contribution in [0, 0.1) is 0 Å². The minimum absolute atomic E-state index is 0.142. The smallest absolute Gasteiger partial charge is 0.252 e. The van der Waals surface area contributed by atoms with Crippen molar-refractivity contribution in [2.45, 2.75) is 25.9 Å². The molecule has 0 radical (unpaired) electrons. The van der Waals surface area contributed by atoms with Gasteiger partial charge in [0, 0.05) is 47.6 Å². The van der Waals surface area contributed by atoms with Gasteiger partial charge in [-0.25, -0.2) is 9.97 Å². The maximum Gasteiger partial charge on any atom is 0.252 e. The number of rotatable bonds is 4. The normalized spacial score (nSPS) is 18.1. The zero-order chi connectivity index (χ0) is 24.8. The predicted molar refractivity (Wildman–Crippen MR) is 133 cm³/mol. The Morgan fingerprint density at radius 3 is 2.86 bits per heavy atom. The number of carbonyl (C=O) groups excluding carboxylic acids is 2. The van der Waals surface area contributed by atoms with Crippen LogP contribution < -0.4 is 24.6 Å². The minimum Gasteiger partial charge on any atom is -0.485 e. The second-order valence-corrected chi connectivity index (χ2v) is 8.97. The average Bonchev–Trinajstić information content (AvgIpc) is 3.33. The first kappa shape index (κ1) is 22.3. The van der Waals surface area contributed by atoms with Gasteiger partial charge in [-0.05, 0) is 37.6 Å². The highest BCUT2D eigenvalue weighted by atomic mass is 16.5. The van der Waals surface area contributed by atoms with Gasteiger partial charge >= 0.3 is 0 Å². The first-order chi connectivity index (χ1) is 17.5. The number of amides is 2. The first-order valence-electron chi connectivity index (χ1n) is 11.9. The van der Waals surface area contributed by atoms with Crippen LogP contribution in [0.2, 0.25) is 0 Å². The zero-order valence-corrected chi connectivity index (χ0v) is 19.7. The number of carbonyl (C=O) groups is 2. The van der Waals surface area contributed by atoms with Crippen LogP contribution in [0.3, 0.4) is 0 Å². The molecule has 184 valence electrons. The van der Waals surface area contributed by atoms with Crippen LogP contribution in [0.15, 0.2) is 42.7 Å². The fourth-order valence-electron chi connectivity index (χ4n) is 4.93. The van der Waals surface area contributed by atoms with Crippen LogP contribution in [0.4, 0.5) is 22.9 Å². The Morgan fingerprint density at radius 1 is 1.17 bits per heavy atom. The molecule has 10 nitrogen and oxygen atoms in total. The van der Waals surface area contributed by atoms with Crippen LogP contribution in [0.25, 0.3) is 11.1 Å². The number of ether oxygens (including phenoxy) is 2. The quantitative estimate of drug-likeness (QED) is 0.576. The van der Waals surface area contributed by atoms with Crippen molar-refractivity contribution in [3.63, 3.8) is 0 Å². The van der Waals surface area contributed by atoms with Gasteiger partial charge in [0.15, 0.2) is 0 Å². The summed E-state index contributed by atoms with van der Waals surface area (Å²) in [6.07, 6.45) is 4.67. The first-order valence-corrected chi connectivity index (χ1v) is 11.9. The van der Waals surface area contributed by atoms with Crippen LogP contribution >= 0.6 is 0 Å². The molecule has 1 fully saturated rings. The van der Waals surface area contributed by atoms with Gasteiger partial charge in [-0.3, -0.25) is 9.59 Å². The van der Waals surface area contributed by atoms with Crippen molar-refractivity contribution in [1.82, 2.24) is 9.97 Å². The topological polar surface area (TPSA) is 117 Å². The third kappa shape index (κ3) is 3.79. The molecule has 0 bridgehead atoms. The lowest BCUT2D eigenvalue weighted by atomic mass is 9.94. The Hall–Kier alpha value is -4.18. The number of anilines is 4. The molecular weight excluding hydrogens is 462 g/mol. The maximum atomic E-state index is 12.2. The highest BCUT2D eigenvalue weighted by Crippen LogP contribution is 2.44. The van der Waals surface area contributed by atoms with Crippen molar-refractivity contribution >= 4 is 34.7 Å². The van der Waals surface area contributed by atoms with E-state index in [4.69, 9.17) is 9.47 Å². The summed E-state index contributed by atoms with van der Waals surface area (Å²) in [6.45, 7) is 2.79. The van der Waals surface area contributed by atoms with E-state index < -0.39 is 12.5 Å². The largest absolute Gasteiger partial charge is 0.485 e. The number of nitrogens with zero attached hydrogens (tertiary/aromatic N) is 4. The summed E-state index contributed by atoms with van der Waals surface area (Å²) in [5, 5.41) is 12.5. The molecule has 36 heavy (non-hydrogen) atoms. The van der Waals surface area contributed by atoms with Gasteiger partial charge in [0.25, 0.3) is 5.91 Å². The average molecular weight is 488 g/mol. The van der Waals surface area contributed by atoms with E-state index >= 15 is 0 Å². The van der Waals surface area contributed by atoms with E-state index in [0.717, 1.165) is 41.1 Å². The summed E-state index contributed by atoms with van der Waals surface area (Å²) < 4.78 is 11.8. The number of aromatic nitrogens is 2. The van der Waals surface area contributed by atoms with Gasteiger partial charge in [-0.15, -0.1) is 0 Å². The molecule has 0 saturated carbocycles. The molecule has 5 heterocycles. The standard InChI is InChI=1S/C26H25N5O5/c1-15-19-11-23(29-16-9-21-26(28-12-16)35-8-7-31(21)25(34)14-32)27-13-20(19)18-5-4-17(10-22(18)36-15)30-6-2-3-24(30)33/h4-5,9-13,15,32H,2-3,6-8,14H2,1H3,(H,27,29). The Labute approximate surface area is 207 Å². The van der Waals surface area contributed by atoms with E-state index in [9.17, 15) is 14.7 Å². The molecule has 3 aliphatic rings. The zero-order valence-electron chi connectivity index (χ0n) is 19.7. The minimum atomic E-state index is -0.585. The van der Waals surface area contributed by atoms with E-state index in [0.29, 0.717) is 42.6 Å². The van der Waals surface area contributed by atoms with Crippen molar-refractivity contribution in [2.75, 3.05) is 41.4 Å². The van der Waals surface area contributed by atoms with E-state index in [1.54, 1.807) is 12.3 Å². The van der Waals surface area contributed by atoms with Gasteiger partial charge in [0.2, 0.25) is 11.8 Å². The van der Waals surface area contributed by atoms with Crippen LogP contribution in [-0.4, -0.2) is 53.2 Å². The van der Waals surface area contributed by atoms with Crippen molar-refractivity contribution in [2.24, 2.45) is 0 Å². The lowest BCUT2D eigenvalue weighted by Gasteiger charge is -2.29. The highest BCUT2D eigenvalue weighted by Gasteiger charge is 2.28. The van der Waals surface area contributed by atoms with Gasteiger partial charge in [0.1, 0.15) is 36.6 Å². The Bertz CT molecular complexity index is 1380. The summed E-state index contributed by atoms with van der Waals surface area (Å²) in [5.41, 5.74) is 4.88. The second kappa shape index (κ2) is 8.80. The number of fused-ring (bicyclic) bond motifs is 4. The van der Waals surface area contributed by atoms with E-state index in [1.807, 2.05) is 42.3 Å².